The van der Waals surface area contributed by atoms with Gasteiger partial charge in [-0.2, -0.15) is 5.21 Å². The normalized spacial score (nSPS) is 11.9. The molecule has 2 aromatic rings. The van der Waals surface area contributed by atoms with Crippen molar-refractivity contribution in [3.63, 3.8) is 0 Å². The van der Waals surface area contributed by atoms with Crippen molar-refractivity contribution < 1.29 is 9.72 Å². The highest BCUT2D eigenvalue weighted by Gasteiger charge is 2.20. The summed E-state index contributed by atoms with van der Waals surface area (Å²) in [6.07, 6.45) is 0.974. The molecule has 1 unspecified atom stereocenters. The Morgan fingerprint density at radius 1 is 1.60 bits per heavy atom. The number of aromatic amines is 1. The first-order valence-corrected chi connectivity index (χ1v) is 5.71. The third-order valence-electron chi connectivity index (χ3n) is 2.38. The Morgan fingerprint density at radius 3 is 2.95 bits per heavy atom. The number of H-pyrrole nitrogens is 1. The number of hydrogen-bond acceptors (Lipinski definition) is 7. The lowest BCUT2D eigenvalue weighted by atomic mass is 10.2. The third-order valence-corrected chi connectivity index (χ3v) is 2.68. The molecule has 104 valence electrons. The molecule has 0 aliphatic heterocycles. The molecule has 10 nitrogen and oxygen atoms in total. The van der Waals surface area contributed by atoms with Gasteiger partial charge < -0.3 is 5.32 Å². The Bertz CT molecular complexity index is 645. The van der Waals surface area contributed by atoms with Crippen molar-refractivity contribution in [1.82, 2.24) is 30.9 Å². The van der Waals surface area contributed by atoms with Gasteiger partial charge in [0.15, 0.2) is 5.82 Å². The summed E-state index contributed by atoms with van der Waals surface area (Å²) in [5.41, 5.74) is -0.428. The van der Waals surface area contributed by atoms with Crippen LogP contribution in [0.15, 0.2) is 12.3 Å². The molecule has 0 saturated carbocycles. The molecule has 2 rings (SSSR count). The average Bonchev–Trinajstić information content (AvgIpc) is 2.92. The number of hydrogen-bond donors (Lipinski definition) is 2. The summed E-state index contributed by atoms with van der Waals surface area (Å²) in [7, 11) is 0. The Morgan fingerprint density at radius 2 is 2.35 bits per heavy atom. The topological polar surface area (TPSA) is 140 Å². The van der Waals surface area contributed by atoms with Crippen molar-refractivity contribution in [3.05, 3.63) is 38.9 Å². The second kappa shape index (κ2) is 5.57. The number of carbonyl (C=O) groups excluding carboxylic acids is 1. The summed E-state index contributed by atoms with van der Waals surface area (Å²) in [5.74, 6) is -0.351. The van der Waals surface area contributed by atoms with E-state index in [1.54, 1.807) is 6.92 Å². The first-order valence-electron chi connectivity index (χ1n) is 5.33. The van der Waals surface area contributed by atoms with Gasteiger partial charge in [-0.3, -0.25) is 14.9 Å². The monoisotopic (exact) mass is 297 g/mol. The molecule has 0 saturated heterocycles. The van der Waals surface area contributed by atoms with Gasteiger partial charge in [0.2, 0.25) is 0 Å². The summed E-state index contributed by atoms with van der Waals surface area (Å²) in [6.45, 7) is 1.63. The van der Waals surface area contributed by atoms with E-state index >= 15 is 0 Å². The number of amides is 1. The maximum atomic E-state index is 12.0. The lowest BCUT2D eigenvalue weighted by Gasteiger charge is -2.10. The number of nitrogens with one attached hydrogen (secondary N) is 2. The predicted molar refractivity (Wildman–Crippen MR) is 66.0 cm³/mol. The van der Waals surface area contributed by atoms with Crippen molar-refractivity contribution in [3.8, 4) is 0 Å². The van der Waals surface area contributed by atoms with Crippen LogP contribution >= 0.6 is 11.6 Å². The Kier molecular flexibility index (Phi) is 3.84. The van der Waals surface area contributed by atoms with Crippen LogP contribution < -0.4 is 5.32 Å². The first-order chi connectivity index (χ1) is 9.49. The predicted octanol–water partition coefficient (Wildman–Crippen LogP) is 0.647. The van der Waals surface area contributed by atoms with Crippen molar-refractivity contribution in [2.24, 2.45) is 0 Å². The molecule has 2 aromatic heterocycles. The highest BCUT2D eigenvalue weighted by molar-refractivity contribution is 6.32. The van der Waals surface area contributed by atoms with Gasteiger partial charge in [0.1, 0.15) is 11.3 Å². The number of nitro groups is 1. The van der Waals surface area contributed by atoms with Gasteiger partial charge in [-0.05, 0) is 6.92 Å². The largest absolute Gasteiger partial charge is 0.342 e. The minimum Gasteiger partial charge on any atom is -0.342 e. The van der Waals surface area contributed by atoms with E-state index in [9.17, 15) is 14.9 Å². The average molecular weight is 298 g/mol. The SMILES string of the molecule is CC(NC(=O)c1cc([N+](=O)[O-])cnc1Cl)c1nn[nH]n1. The molecule has 0 aliphatic carbocycles. The maximum Gasteiger partial charge on any atom is 0.288 e. The molecule has 11 heteroatoms. The molecule has 0 aliphatic rings. The summed E-state index contributed by atoms with van der Waals surface area (Å²) >= 11 is 5.76. The van der Waals surface area contributed by atoms with Gasteiger partial charge in [-0.25, -0.2) is 4.98 Å². The van der Waals surface area contributed by atoms with E-state index < -0.39 is 16.9 Å². The fourth-order valence-corrected chi connectivity index (χ4v) is 1.58. The molecular weight excluding hydrogens is 290 g/mol. The lowest BCUT2D eigenvalue weighted by molar-refractivity contribution is -0.385. The molecule has 0 spiro atoms. The van der Waals surface area contributed by atoms with E-state index in [0.29, 0.717) is 0 Å². The van der Waals surface area contributed by atoms with Crippen LogP contribution in [0.1, 0.15) is 29.1 Å². The molecule has 1 amide bonds. The van der Waals surface area contributed by atoms with E-state index in [-0.39, 0.29) is 22.2 Å². The van der Waals surface area contributed by atoms with Crippen molar-refractivity contribution >= 4 is 23.2 Å². The fraction of sp³-hybridized carbons (Fsp3) is 0.222. The van der Waals surface area contributed by atoms with Crippen molar-refractivity contribution in [2.75, 3.05) is 0 Å². The van der Waals surface area contributed by atoms with Crippen LogP contribution in [0.25, 0.3) is 0 Å². The van der Waals surface area contributed by atoms with Gasteiger partial charge >= 0.3 is 0 Å². The molecule has 1 atom stereocenters. The second-order valence-electron chi connectivity index (χ2n) is 3.75. The Hall–Kier alpha value is -2.62. The molecule has 0 radical (unpaired) electrons. The van der Waals surface area contributed by atoms with Crippen LogP contribution in [-0.4, -0.2) is 36.4 Å². The van der Waals surface area contributed by atoms with Crippen molar-refractivity contribution in [1.29, 1.82) is 0 Å². The zero-order chi connectivity index (χ0) is 14.7. The molecule has 0 fully saturated rings. The van der Waals surface area contributed by atoms with Crippen LogP contribution in [0, 0.1) is 10.1 Å². The van der Waals surface area contributed by atoms with E-state index in [1.807, 2.05) is 0 Å². The van der Waals surface area contributed by atoms with E-state index in [0.717, 1.165) is 12.3 Å². The maximum absolute atomic E-state index is 12.0. The molecule has 0 aromatic carbocycles. The first kappa shape index (κ1) is 13.8. The third kappa shape index (κ3) is 2.85. The molecule has 0 bridgehead atoms. The van der Waals surface area contributed by atoms with Gasteiger partial charge in [-0.1, -0.05) is 16.8 Å². The highest BCUT2D eigenvalue weighted by atomic mass is 35.5. The van der Waals surface area contributed by atoms with Gasteiger partial charge in [0, 0.05) is 6.07 Å². The summed E-state index contributed by atoms with van der Waals surface area (Å²) in [5, 5.41) is 26.1. The van der Waals surface area contributed by atoms with E-state index in [2.05, 4.69) is 30.9 Å². The van der Waals surface area contributed by atoms with Crippen molar-refractivity contribution in [2.45, 2.75) is 13.0 Å². The highest BCUT2D eigenvalue weighted by Crippen LogP contribution is 2.19. The van der Waals surface area contributed by atoms with Gasteiger partial charge in [0.25, 0.3) is 11.6 Å². The van der Waals surface area contributed by atoms with Crippen LogP contribution in [0.2, 0.25) is 5.15 Å². The van der Waals surface area contributed by atoms with Crippen LogP contribution in [0.5, 0.6) is 0 Å². The lowest BCUT2D eigenvalue weighted by Crippen LogP contribution is -2.28. The molecule has 2 heterocycles. The molecule has 2 N–H and O–H groups in total. The Balaban J connectivity index is 2.20. The minimum absolute atomic E-state index is 0.101. The number of carbonyl (C=O) groups is 1. The molecule has 20 heavy (non-hydrogen) atoms. The standard InChI is InChI=1S/C9H8ClN7O3/c1-4(8-13-15-16-14-8)12-9(18)6-2-5(17(19)20)3-11-7(6)10/h2-4H,1H3,(H,12,18)(H,13,14,15,16). The fourth-order valence-electron chi connectivity index (χ4n) is 1.39. The van der Waals surface area contributed by atoms with Crippen LogP contribution in [-0.2, 0) is 0 Å². The number of halogens is 1. The quantitative estimate of drug-likeness (QED) is 0.479. The van der Waals surface area contributed by atoms with Gasteiger partial charge in [-0.15, -0.1) is 10.2 Å². The summed E-state index contributed by atoms with van der Waals surface area (Å²) < 4.78 is 0. The van der Waals surface area contributed by atoms with Crippen LogP contribution in [0.3, 0.4) is 0 Å². The van der Waals surface area contributed by atoms with Gasteiger partial charge in [0.05, 0.1) is 16.5 Å². The number of aromatic nitrogens is 5. The minimum atomic E-state index is -0.664. The summed E-state index contributed by atoms with van der Waals surface area (Å²) in [4.78, 5) is 25.6. The number of nitrogens with zero attached hydrogens (tertiary/aromatic N) is 5. The Labute approximate surface area is 116 Å². The summed E-state index contributed by atoms with van der Waals surface area (Å²) in [6, 6.07) is 0.504. The smallest absolute Gasteiger partial charge is 0.288 e. The number of tetrazole rings is 1. The second-order valence-corrected chi connectivity index (χ2v) is 4.11. The van der Waals surface area contributed by atoms with E-state index in [1.165, 1.54) is 0 Å². The number of pyridine rings is 1. The zero-order valence-corrected chi connectivity index (χ0v) is 10.8. The van der Waals surface area contributed by atoms with E-state index in [4.69, 9.17) is 11.6 Å². The zero-order valence-electron chi connectivity index (χ0n) is 10.1. The van der Waals surface area contributed by atoms with Crippen LogP contribution in [0.4, 0.5) is 5.69 Å². The molecular formula is C9H8ClN7O3. The number of rotatable bonds is 4.